The molecule has 4 heteroatoms. The van der Waals surface area contributed by atoms with E-state index in [-0.39, 0.29) is 0 Å². The maximum absolute atomic E-state index is 5.94. The zero-order valence-corrected chi connectivity index (χ0v) is 11.7. The molecule has 0 fully saturated rings. The van der Waals surface area contributed by atoms with Crippen LogP contribution in [-0.4, -0.2) is 14.5 Å². The van der Waals surface area contributed by atoms with Gasteiger partial charge in [0.05, 0.1) is 7.11 Å². The molecule has 15 heavy (non-hydrogen) atoms. The predicted molar refractivity (Wildman–Crippen MR) is 69.7 cm³/mol. The zero-order valence-electron chi connectivity index (χ0n) is 9.04. The van der Waals surface area contributed by atoms with E-state index in [4.69, 9.17) is 26.9 Å². The van der Waals surface area contributed by atoms with Crippen LogP contribution in [0.1, 0.15) is 24.8 Å². The van der Waals surface area contributed by atoms with Gasteiger partial charge in [0.2, 0.25) is 7.42 Å². The molecule has 0 heterocycles. The van der Waals surface area contributed by atoms with Crippen LogP contribution in [-0.2, 0) is 0 Å². The Balaban J connectivity index is 2.74. The molecule has 84 valence electrons. The number of halogens is 2. The fourth-order valence-corrected chi connectivity index (χ4v) is 3.96. The molecule has 0 saturated heterocycles. The predicted octanol–water partition coefficient (Wildman–Crippen LogP) is 3.89. The Morgan fingerprint density at radius 3 is 2.27 bits per heavy atom. The van der Waals surface area contributed by atoms with Crippen LogP contribution < -0.4 is 4.74 Å². The summed E-state index contributed by atoms with van der Waals surface area (Å²) in [6.45, 7) is 2.17. The Hall–Kier alpha value is -0.183. The molecule has 0 aliphatic rings. The van der Waals surface area contributed by atoms with Gasteiger partial charge in [0.15, 0.2) is 0 Å². The second-order valence-corrected chi connectivity index (χ2v) is 8.59. The Morgan fingerprint density at radius 2 is 1.87 bits per heavy atom. The van der Waals surface area contributed by atoms with Crippen molar-refractivity contribution in [1.29, 1.82) is 0 Å². The van der Waals surface area contributed by atoms with Crippen molar-refractivity contribution < 1.29 is 4.74 Å². The van der Waals surface area contributed by atoms with Crippen molar-refractivity contribution in [2.75, 3.05) is 7.11 Å². The molecular formula is C11H16Cl2OSi. The van der Waals surface area contributed by atoms with Crippen LogP contribution in [0.15, 0.2) is 24.3 Å². The van der Waals surface area contributed by atoms with E-state index in [2.05, 4.69) is 19.1 Å². The minimum absolute atomic E-state index is 0.488. The van der Waals surface area contributed by atoms with Gasteiger partial charge in [0, 0.05) is 0 Å². The summed E-state index contributed by atoms with van der Waals surface area (Å²) in [6.07, 6.45) is 1.08. The molecule has 1 atom stereocenters. The molecule has 0 saturated carbocycles. The smallest absolute Gasteiger partial charge is 0.237 e. The van der Waals surface area contributed by atoms with Crippen LogP contribution in [0.4, 0.5) is 0 Å². The molecule has 1 rings (SSSR count). The summed E-state index contributed by atoms with van der Waals surface area (Å²) < 4.78 is 5.12. The molecule has 1 aromatic carbocycles. The topological polar surface area (TPSA) is 9.23 Å². The second kappa shape index (κ2) is 6.41. The highest BCUT2D eigenvalue weighted by Gasteiger charge is 2.14. The monoisotopic (exact) mass is 262 g/mol. The number of rotatable bonds is 5. The fraction of sp³-hybridized carbons (Fsp3) is 0.455. The van der Waals surface area contributed by atoms with Gasteiger partial charge in [0.25, 0.3) is 0 Å². The SMILES string of the molecule is CCC(C[SiH](Cl)Cl)c1ccc(OC)cc1. The quantitative estimate of drug-likeness (QED) is 0.578. The first-order valence-corrected chi connectivity index (χ1v) is 9.40. The summed E-state index contributed by atoms with van der Waals surface area (Å²) in [6, 6.07) is 9.09. The summed E-state index contributed by atoms with van der Waals surface area (Å²) in [5.74, 6) is 1.38. The van der Waals surface area contributed by atoms with Crippen LogP contribution in [0.3, 0.4) is 0 Å². The van der Waals surface area contributed by atoms with E-state index in [0.717, 1.165) is 18.2 Å². The summed E-state index contributed by atoms with van der Waals surface area (Å²) in [5, 5.41) is 0. The first kappa shape index (κ1) is 12.9. The molecule has 1 nitrogen and oxygen atoms in total. The summed E-state index contributed by atoms with van der Waals surface area (Å²) in [5.41, 5.74) is 1.30. The van der Waals surface area contributed by atoms with Gasteiger partial charge in [-0.3, -0.25) is 0 Å². The molecule has 0 amide bonds. The fourth-order valence-electron chi connectivity index (χ4n) is 1.63. The van der Waals surface area contributed by atoms with E-state index in [1.807, 2.05) is 12.1 Å². The van der Waals surface area contributed by atoms with Crippen LogP contribution in [0, 0.1) is 0 Å². The van der Waals surface area contributed by atoms with E-state index < -0.39 is 7.42 Å². The molecule has 0 N–H and O–H groups in total. The van der Waals surface area contributed by atoms with Crippen molar-refractivity contribution >= 4 is 29.6 Å². The Morgan fingerprint density at radius 1 is 1.27 bits per heavy atom. The molecule has 0 spiro atoms. The third-order valence-corrected chi connectivity index (χ3v) is 4.54. The van der Waals surface area contributed by atoms with E-state index in [9.17, 15) is 0 Å². The highest BCUT2D eigenvalue weighted by molar-refractivity contribution is 7.33. The van der Waals surface area contributed by atoms with Gasteiger partial charge in [-0.2, -0.15) is 22.2 Å². The maximum atomic E-state index is 5.94. The van der Waals surface area contributed by atoms with E-state index >= 15 is 0 Å². The lowest BCUT2D eigenvalue weighted by molar-refractivity contribution is 0.414. The number of hydrogen-bond acceptors (Lipinski definition) is 1. The third kappa shape index (κ3) is 4.05. The normalized spacial score (nSPS) is 12.9. The average molecular weight is 263 g/mol. The third-order valence-electron chi connectivity index (χ3n) is 2.54. The minimum Gasteiger partial charge on any atom is -0.497 e. The second-order valence-electron chi connectivity index (χ2n) is 3.51. The first-order chi connectivity index (χ1) is 7.17. The summed E-state index contributed by atoms with van der Waals surface area (Å²) in [7, 11) is 0.151. The van der Waals surface area contributed by atoms with Crippen molar-refractivity contribution in [2.24, 2.45) is 0 Å². The summed E-state index contributed by atoms with van der Waals surface area (Å²) in [4.78, 5) is 0. The standard InChI is InChI=1S/C11H16Cl2OSi/c1-3-9(8-15(12)13)10-4-6-11(14-2)7-5-10/h4-7,9,15H,3,8H2,1-2H3. The largest absolute Gasteiger partial charge is 0.497 e. The highest BCUT2D eigenvalue weighted by Crippen LogP contribution is 2.28. The minimum atomic E-state index is -1.52. The maximum Gasteiger partial charge on any atom is 0.237 e. The van der Waals surface area contributed by atoms with Gasteiger partial charge in [-0.25, -0.2) is 0 Å². The highest BCUT2D eigenvalue weighted by atomic mass is 35.7. The number of benzene rings is 1. The lowest BCUT2D eigenvalue weighted by Gasteiger charge is -2.15. The van der Waals surface area contributed by atoms with E-state index in [0.29, 0.717) is 5.92 Å². The summed E-state index contributed by atoms with van der Waals surface area (Å²) >= 11 is 11.9. The van der Waals surface area contributed by atoms with Crippen molar-refractivity contribution in [3.8, 4) is 5.75 Å². The Bertz CT molecular complexity index is 287. The van der Waals surface area contributed by atoms with Crippen LogP contribution >= 0.6 is 22.2 Å². The molecule has 0 aliphatic carbocycles. The van der Waals surface area contributed by atoms with Gasteiger partial charge >= 0.3 is 0 Å². The van der Waals surface area contributed by atoms with Gasteiger partial charge < -0.3 is 4.74 Å². The molecule has 0 aromatic heterocycles. The van der Waals surface area contributed by atoms with Crippen molar-refractivity contribution in [3.63, 3.8) is 0 Å². The first-order valence-electron chi connectivity index (χ1n) is 5.09. The van der Waals surface area contributed by atoms with Gasteiger partial charge in [-0.1, -0.05) is 19.1 Å². The van der Waals surface area contributed by atoms with Gasteiger partial charge in [0.1, 0.15) is 5.75 Å². The molecule has 0 bridgehead atoms. The number of ether oxygens (including phenoxy) is 1. The zero-order chi connectivity index (χ0) is 11.3. The Kier molecular flexibility index (Phi) is 5.51. The molecule has 1 unspecified atom stereocenters. The molecular weight excluding hydrogens is 247 g/mol. The van der Waals surface area contributed by atoms with Crippen molar-refractivity contribution in [3.05, 3.63) is 29.8 Å². The number of methoxy groups -OCH3 is 1. The van der Waals surface area contributed by atoms with Crippen LogP contribution in [0.25, 0.3) is 0 Å². The van der Waals surface area contributed by atoms with Crippen LogP contribution in [0.5, 0.6) is 5.75 Å². The van der Waals surface area contributed by atoms with Crippen LogP contribution in [0.2, 0.25) is 6.04 Å². The lowest BCUT2D eigenvalue weighted by atomic mass is 9.98. The molecule has 0 aliphatic heterocycles. The average Bonchev–Trinajstić information content (AvgIpc) is 2.26. The molecule has 1 aromatic rings. The molecule has 0 radical (unpaired) electrons. The van der Waals surface area contributed by atoms with Crippen molar-refractivity contribution in [2.45, 2.75) is 25.3 Å². The van der Waals surface area contributed by atoms with Gasteiger partial charge in [-0.05, 0) is 36.1 Å². The van der Waals surface area contributed by atoms with E-state index in [1.165, 1.54) is 5.56 Å². The number of hydrogen-bond donors (Lipinski definition) is 0. The van der Waals surface area contributed by atoms with Gasteiger partial charge in [-0.15, -0.1) is 0 Å². The Labute approximate surface area is 102 Å². The van der Waals surface area contributed by atoms with E-state index in [1.54, 1.807) is 7.11 Å². The van der Waals surface area contributed by atoms with Crippen molar-refractivity contribution in [1.82, 2.24) is 0 Å². The lowest BCUT2D eigenvalue weighted by Crippen LogP contribution is -2.04.